The number of nitro benzene ring substituents is 1. The third kappa shape index (κ3) is 3.32. The zero-order valence-electron chi connectivity index (χ0n) is 11.9. The Balaban J connectivity index is 2.14. The van der Waals surface area contributed by atoms with E-state index in [0.717, 1.165) is 0 Å². The van der Waals surface area contributed by atoms with Gasteiger partial charge in [0.2, 0.25) is 0 Å². The van der Waals surface area contributed by atoms with Crippen LogP contribution in [0.3, 0.4) is 0 Å². The van der Waals surface area contributed by atoms with Gasteiger partial charge in [-0.15, -0.1) is 0 Å². The van der Waals surface area contributed by atoms with Crippen LogP contribution in [-0.2, 0) is 9.63 Å². The standard InChI is InChI=1S/C15H12N2O5/c1-9-7-13(18)8-10(2)14(9)16-22-15(19)11-3-5-12(6-4-11)17(20)21/h3-8H,1-2H3. The smallest absolute Gasteiger partial charge is 0.312 e. The molecule has 2 rings (SSSR count). The second-order valence-electron chi connectivity index (χ2n) is 4.68. The molecule has 0 spiro atoms. The number of non-ortho nitro benzene ring substituents is 1. The van der Waals surface area contributed by atoms with Crippen molar-refractivity contribution in [1.29, 1.82) is 0 Å². The van der Waals surface area contributed by atoms with E-state index in [2.05, 4.69) is 5.16 Å². The van der Waals surface area contributed by atoms with Gasteiger partial charge in [-0.3, -0.25) is 14.9 Å². The Morgan fingerprint density at radius 3 is 2.18 bits per heavy atom. The van der Waals surface area contributed by atoms with E-state index in [1.165, 1.54) is 36.4 Å². The predicted molar refractivity (Wildman–Crippen MR) is 78.5 cm³/mol. The molecule has 0 aliphatic heterocycles. The molecule has 0 radical (unpaired) electrons. The third-order valence-corrected chi connectivity index (χ3v) is 3.00. The lowest BCUT2D eigenvalue weighted by Gasteiger charge is -2.10. The summed E-state index contributed by atoms with van der Waals surface area (Å²) in [6, 6.07) is 4.99. The van der Waals surface area contributed by atoms with E-state index in [4.69, 9.17) is 4.84 Å². The highest BCUT2D eigenvalue weighted by atomic mass is 16.7. The van der Waals surface area contributed by atoms with Crippen molar-refractivity contribution in [3.8, 4) is 0 Å². The number of benzene rings is 1. The lowest BCUT2D eigenvalue weighted by molar-refractivity contribution is -0.384. The first-order valence-electron chi connectivity index (χ1n) is 6.33. The Labute approximate surface area is 125 Å². The van der Waals surface area contributed by atoms with Crippen molar-refractivity contribution in [2.24, 2.45) is 5.16 Å². The molecule has 1 aromatic rings. The van der Waals surface area contributed by atoms with Crippen LogP contribution in [0.5, 0.6) is 0 Å². The molecule has 0 atom stereocenters. The van der Waals surface area contributed by atoms with Crippen molar-refractivity contribution < 1.29 is 19.3 Å². The van der Waals surface area contributed by atoms with Gasteiger partial charge < -0.3 is 4.84 Å². The molecule has 1 aromatic carbocycles. The summed E-state index contributed by atoms with van der Waals surface area (Å²) in [7, 11) is 0. The van der Waals surface area contributed by atoms with E-state index in [1.54, 1.807) is 13.8 Å². The quantitative estimate of drug-likeness (QED) is 0.370. The molecule has 1 aliphatic rings. The summed E-state index contributed by atoms with van der Waals surface area (Å²) in [5, 5.41) is 14.3. The fourth-order valence-corrected chi connectivity index (χ4v) is 1.92. The van der Waals surface area contributed by atoms with Gasteiger partial charge in [0, 0.05) is 12.1 Å². The molecule has 0 fully saturated rings. The van der Waals surface area contributed by atoms with Gasteiger partial charge in [-0.05, 0) is 49.3 Å². The first-order valence-corrected chi connectivity index (χ1v) is 6.33. The molecule has 7 heteroatoms. The van der Waals surface area contributed by atoms with Crippen molar-refractivity contribution in [2.45, 2.75) is 13.8 Å². The SMILES string of the molecule is CC1=CC(=O)C=C(C)C1=NOC(=O)c1ccc([N+](=O)[O-])cc1. The zero-order valence-corrected chi connectivity index (χ0v) is 11.9. The number of hydrogen-bond acceptors (Lipinski definition) is 6. The normalized spacial score (nSPS) is 14.1. The van der Waals surface area contributed by atoms with Gasteiger partial charge in [0.25, 0.3) is 5.69 Å². The number of nitro groups is 1. The Bertz CT molecular complexity index is 718. The first kappa shape index (κ1) is 15.3. The molecule has 1 aliphatic carbocycles. The number of hydrogen-bond donors (Lipinski definition) is 0. The first-order chi connectivity index (χ1) is 10.4. The molecule has 0 saturated carbocycles. The molecular formula is C15H12N2O5. The van der Waals surface area contributed by atoms with E-state index in [9.17, 15) is 19.7 Å². The van der Waals surface area contributed by atoms with Crippen molar-refractivity contribution in [2.75, 3.05) is 0 Å². The van der Waals surface area contributed by atoms with E-state index in [0.29, 0.717) is 16.9 Å². The molecule has 0 aromatic heterocycles. The second kappa shape index (κ2) is 6.13. The van der Waals surface area contributed by atoms with Crippen LogP contribution in [-0.4, -0.2) is 22.4 Å². The fourth-order valence-electron chi connectivity index (χ4n) is 1.92. The van der Waals surface area contributed by atoms with Crippen LogP contribution in [0.15, 0.2) is 52.7 Å². The number of carbonyl (C=O) groups is 2. The van der Waals surface area contributed by atoms with Crippen LogP contribution in [0.2, 0.25) is 0 Å². The molecular weight excluding hydrogens is 288 g/mol. The summed E-state index contributed by atoms with van der Waals surface area (Å²) in [5.74, 6) is -0.879. The molecule has 0 heterocycles. The average molecular weight is 300 g/mol. The number of nitrogens with zero attached hydrogens (tertiary/aromatic N) is 2. The average Bonchev–Trinajstić information content (AvgIpc) is 2.46. The van der Waals surface area contributed by atoms with Crippen molar-refractivity contribution in [3.05, 3.63) is 63.2 Å². The van der Waals surface area contributed by atoms with E-state index >= 15 is 0 Å². The minimum absolute atomic E-state index is 0.119. The van der Waals surface area contributed by atoms with Crippen molar-refractivity contribution >= 4 is 23.2 Å². The largest absolute Gasteiger partial charge is 0.365 e. The molecule has 0 bridgehead atoms. The monoisotopic (exact) mass is 300 g/mol. The summed E-state index contributed by atoms with van der Waals surface area (Å²) in [6.07, 6.45) is 2.79. The Morgan fingerprint density at radius 1 is 1.14 bits per heavy atom. The van der Waals surface area contributed by atoms with Crippen molar-refractivity contribution in [1.82, 2.24) is 0 Å². The fraction of sp³-hybridized carbons (Fsp3) is 0.133. The number of carbonyl (C=O) groups excluding carboxylic acids is 2. The maximum absolute atomic E-state index is 11.8. The molecule has 7 nitrogen and oxygen atoms in total. The van der Waals surface area contributed by atoms with Crippen LogP contribution in [0.1, 0.15) is 24.2 Å². The summed E-state index contributed by atoms with van der Waals surface area (Å²) in [4.78, 5) is 38.0. The van der Waals surface area contributed by atoms with Crippen LogP contribution in [0, 0.1) is 10.1 Å². The Hall–Kier alpha value is -3.09. The van der Waals surface area contributed by atoms with Gasteiger partial charge in [0.05, 0.1) is 10.5 Å². The highest BCUT2D eigenvalue weighted by Gasteiger charge is 2.16. The van der Waals surface area contributed by atoms with Crippen molar-refractivity contribution in [3.63, 3.8) is 0 Å². The van der Waals surface area contributed by atoms with Gasteiger partial charge in [0.15, 0.2) is 5.78 Å². The van der Waals surface area contributed by atoms with Crippen LogP contribution in [0.4, 0.5) is 5.69 Å². The van der Waals surface area contributed by atoms with Gasteiger partial charge in [0.1, 0.15) is 5.71 Å². The number of rotatable bonds is 3. The molecule has 0 N–H and O–H groups in total. The maximum Gasteiger partial charge on any atom is 0.365 e. The number of oxime groups is 1. The lowest BCUT2D eigenvalue weighted by Crippen LogP contribution is -2.13. The Kier molecular flexibility index (Phi) is 4.26. The minimum atomic E-state index is -0.736. The summed E-state index contributed by atoms with van der Waals surface area (Å²) < 4.78 is 0. The van der Waals surface area contributed by atoms with Gasteiger partial charge >= 0.3 is 5.97 Å². The summed E-state index contributed by atoms with van der Waals surface area (Å²) >= 11 is 0. The molecule has 22 heavy (non-hydrogen) atoms. The number of allylic oxidation sites excluding steroid dienone is 4. The van der Waals surface area contributed by atoms with Gasteiger partial charge in [-0.2, -0.15) is 0 Å². The Morgan fingerprint density at radius 2 is 1.68 bits per heavy atom. The van der Waals surface area contributed by atoms with Crippen LogP contribution >= 0.6 is 0 Å². The molecule has 0 unspecified atom stereocenters. The van der Waals surface area contributed by atoms with Crippen LogP contribution in [0.25, 0.3) is 0 Å². The van der Waals surface area contributed by atoms with Gasteiger partial charge in [-0.1, -0.05) is 5.16 Å². The van der Waals surface area contributed by atoms with Crippen LogP contribution < -0.4 is 0 Å². The summed E-state index contributed by atoms with van der Waals surface area (Å²) in [5.41, 5.74) is 1.63. The number of ketones is 1. The highest BCUT2D eigenvalue weighted by Crippen LogP contribution is 2.16. The second-order valence-corrected chi connectivity index (χ2v) is 4.68. The summed E-state index contributed by atoms with van der Waals surface area (Å²) in [6.45, 7) is 3.37. The molecule has 0 saturated heterocycles. The predicted octanol–water partition coefficient (Wildman–Crippen LogP) is 2.58. The van der Waals surface area contributed by atoms with E-state index in [1.807, 2.05) is 0 Å². The topological polar surface area (TPSA) is 98.9 Å². The highest BCUT2D eigenvalue weighted by molar-refractivity contribution is 6.22. The molecule has 0 amide bonds. The molecule has 112 valence electrons. The third-order valence-electron chi connectivity index (χ3n) is 3.00. The van der Waals surface area contributed by atoms with E-state index in [-0.39, 0.29) is 17.0 Å². The maximum atomic E-state index is 11.8. The zero-order chi connectivity index (χ0) is 16.3. The van der Waals surface area contributed by atoms with E-state index < -0.39 is 10.9 Å². The lowest BCUT2D eigenvalue weighted by atomic mass is 9.98. The van der Waals surface area contributed by atoms with Gasteiger partial charge in [-0.25, -0.2) is 4.79 Å². The minimum Gasteiger partial charge on any atom is -0.312 e.